The van der Waals surface area contributed by atoms with E-state index in [-0.39, 0.29) is 0 Å². The van der Waals surface area contributed by atoms with Crippen LogP contribution in [0.3, 0.4) is 0 Å². The molecule has 1 unspecified atom stereocenters. The van der Waals surface area contributed by atoms with Crippen LogP contribution in [0, 0.1) is 11.8 Å². The van der Waals surface area contributed by atoms with Gasteiger partial charge in [-0.3, -0.25) is 0 Å². The summed E-state index contributed by atoms with van der Waals surface area (Å²) in [5, 5.41) is 12.9. The first-order valence-electron chi connectivity index (χ1n) is 6.76. The van der Waals surface area contributed by atoms with Crippen LogP contribution in [-0.4, -0.2) is 30.9 Å². The van der Waals surface area contributed by atoms with Gasteiger partial charge in [-0.2, -0.15) is 0 Å². The van der Waals surface area contributed by atoms with Crippen molar-refractivity contribution in [2.24, 2.45) is 0 Å². The molecule has 19 heavy (non-hydrogen) atoms. The molecule has 1 atom stereocenters. The van der Waals surface area contributed by atoms with Crippen molar-refractivity contribution in [3.63, 3.8) is 0 Å². The normalized spacial score (nSPS) is 11.5. The Hall–Kier alpha value is -1.50. The van der Waals surface area contributed by atoms with Gasteiger partial charge in [-0.1, -0.05) is 19.1 Å². The molecule has 0 saturated heterocycles. The summed E-state index contributed by atoms with van der Waals surface area (Å²) >= 11 is 0. The Labute approximate surface area is 116 Å². The number of aliphatic hydroxyl groups is 1. The van der Waals surface area contributed by atoms with Gasteiger partial charge in [0.2, 0.25) is 0 Å². The number of rotatable bonds is 8. The molecular formula is C16H23NO2. The van der Waals surface area contributed by atoms with E-state index in [9.17, 15) is 5.11 Å². The predicted octanol–water partition coefficient (Wildman–Crippen LogP) is 1.99. The third-order valence-electron chi connectivity index (χ3n) is 2.73. The molecular weight excluding hydrogens is 238 g/mol. The van der Waals surface area contributed by atoms with Crippen LogP contribution in [0.4, 0.5) is 0 Å². The van der Waals surface area contributed by atoms with Gasteiger partial charge in [-0.15, -0.1) is 11.8 Å². The standard InChI is InChI=1S/C16H23NO2/c1-3-5-6-10-17-12-15(18)13-19-16-9-7-8-14(4-2)11-16/h7-9,11,15,17-18H,4,6,10,12-13H2,1-2H3. The summed E-state index contributed by atoms with van der Waals surface area (Å²) in [4.78, 5) is 0. The van der Waals surface area contributed by atoms with Crippen LogP contribution in [0.25, 0.3) is 0 Å². The summed E-state index contributed by atoms with van der Waals surface area (Å²) in [5.74, 6) is 6.62. The highest BCUT2D eigenvalue weighted by molar-refractivity contribution is 5.28. The molecule has 0 saturated carbocycles. The molecule has 0 bridgehead atoms. The molecule has 0 aliphatic carbocycles. The zero-order chi connectivity index (χ0) is 13.9. The van der Waals surface area contributed by atoms with Gasteiger partial charge in [0.05, 0.1) is 0 Å². The molecule has 0 aliphatic heterocycles. The molecule has 2 N–H and O–H groups in total. The summed E-state index contributed by atoms with van der Waals surface area (Å²) in [5.41, 5.74) is 1.24. The Balaban J connectivity index is 2.21. The number of aliphatic hydroxyl groups excluding tert-OH is 1. The lowest BCUT2D eigenvalue weighted by molar-refractivity contribution is 0.106. The second-order valence-electron chi connectivity index (χ2n) is 4.35. The molecule has 3 heteroatoms. The lowest BCUT2D eigenvalue weighted by atomic mass is 10.2. The van der Waals surface area contributed by atoms with E-state index in [2.05, 4.69) is 30.1 Å². The summed E-state index contributed by atoms with van der Waals surface area (Å²) in [7, 11) is 0. The second-order valence-corrected chi connectivity index (χ2v) is 4.35. The molecule has 1 aromatic carbocycles. The van der Waals surface area contributed by atoms with Gasteiger partial charge in [-0.05, 0) is 31.0 Å². The first kappa shape index (κ1) is 15.6. The van der Waals surface area contributed by atoms with Crippen LogP contribution < -0.4 is 10.1 Å². The Morgan fingerprint density at radius 1 is 1.42 bits per heavy atom. The first-order valence-corrected chi connectivity index (χ1v) is 6.76. The highest BCUT2D eigenvalue weighted by atomic mass is 16.5. The van der Waals surface area contributed by atoms with Crippen molar-refractivity contribution in [3.05, 3.63) is 29.8 Å². The molecule has 104 valence electrons. The maximum absolute atomic E-state index is 9.77. The summed E-state index contributed by atoms with van der Waals surface area (Å²) in [6, 6.07) is 7.97. The fourth-order valence-electron chi connectivity index (χ4n) is 1.65. The zero-order valence-corrected chi connectivity index (χ0v) is 11.8. The highest BCUT2D eigenvalue weighted by Gasteiger charge is 2.04. The van der Waals surface area contributed by atoms with Crippen molar-refractivity contribution in [2.45, 2.75) is 32.8 Å². The number of ether oxygens (including phenoxy) is 1. The van der Waals surface area contributed by atoms with Crippen LogP contribution in [0.2, 0.25) is 0 Å². The van der Waals surface area contributed by atoms with Crippen LogP contribution in [0.1, 0.15) is 25.8 Å². The minimum absolute atomic E-state index is 0.305. The van der Waals surface area contributed by atoms with E-state index in [0.29, 0.717) is 13.2 Å². The minimum atomic E-state index is -0.500. The Morgan fingerprint density at radius 2 is 2.26 bits per heavy atom. The molecule has 1 aromatic rings. The summed E-state index contributed by atoms with van der Waals surface area (Å²) in [6.07, 6.45) is 1.29. The first-order chi connectivity index (χ1) is 9.26. The molecule has 1 rings (SSSR count). The van der Waals surface area contributed by atoms with Crippen molar-refractivity contribution >= 4 is 0 Å². The smallest absolute Gasteiger partial charge is 0.119 e. The molecule has 0 aromatic heterocycles. The average Bonchev–Trinajstić information content (AvgIpc) is 2.45. The number of hydrogen-bond acceptors (Lipinski definition) is 3. The Bertz CT molecular complexity index is 420. The number of hydrogen-bond donors (Lipinski definition) is 2. The van der Waals surface area contributed by atoms with E-state index in [1.807, 2.05) is 25.1 Å². The quantitative estimate of drug-likeness (QED) is 0.555. The van der Waals surface area contributed by atoms with Crippen LogP contribution in [0.15, 0.2) is 24.3 Å². The number of nitrogens with one attached hydrogen (secondary N) is 1. The SMILES string of the molecule is CC#CCCNCC(O)COc1cccc(CC)c1. The fourth-order valence-corrected chi connectivity index (χ4v) is 1.65. The molecule has 0 radical (unpaired) electrons. The third-order valence-corrected chi connectivity index (χ3v) is 2.73. The van der Waals surface area contributed by atoms with E-state index in [4.69, 9.17) is 4.74 Å². The molecule has 0 aliphatic rings. The fraction of sp³-hybridized carbons (Fsp3) is 0.500. The van der Waals surface area contributed by atoms with E-state index in [1.165, 1.54) is 5.56 Å². The minimum Gasteiger partial charge on any atom is -0.491 e. The molecule has 3 nitrogen and oxygen atoms in total. The van der Waals surface area contributed by atoms with Crippen LogP contribution >= 0.6 is 0 Å². The largest absolute Gasteiger partial charge is 0.491 e. The lowest BCUT2D eigenvalue weighted by Gasteiger charge is -2.13. The van der Waals surface area contributed by atoms with Crippen molar-refractivity contribution in [3.8, 4) is 17.6 Å². The van der Waals surface area contributed by atoms with Gasteiger partial charge in [0.25, 0.3) is 0 Å². The second kappa shape index (κ2) is 9.43. The monoisotopic (exact) mass is 261 g/mol. The number of aryl methyl sites for hydroxylation is 1. The zero-order valence-electron chi connectivity index (χ0n) is 11.8. The predicted molar refractivity (Wildman–Crippen MR) is 78.3 cm³/mol. The Morgan fingerprint density at radius 3 is 3.00 bits per heavy atom. The van der Waals surface area contributed by atoms with Gasteiger partial charge in [-0.25, -0.2) is 0 Å². The van der Waals surface area contributed by atoms with Crippen LogP contribution in [-0.2, 0) is 6.42 Å². The highest BCUT2D eigenvalue weighted by Crippen LogP contribution is 2.13. The topological polar surface area (TPSA) is 41.5 Å². The van der Waals surface area contributed by atoms with Crippen molar-refractivity contribution in [1.82, 2.24) is 5.32 Å². The third kappa shape index (κ3) is 6.85. The molecule has 0 spiro atoms. The van der Waals surface area contributed by atoms with Crippen molar-refractivity contribution in [1.29, 1.82) is 0 Å². The molecule has 0 fully saturated rings. The van der Waals surface area contributed by atoms with Gasteiger partial charge in [0, 0.05) is 19.5 Å². The van der Waals surface area contributed by atoms with Gasteiger partial charge < -0.3 is 15.2 Å². The van der Waals surface area contributed by atoms with Gasteiger partial charge >= 0.3 is 0 Å². The van der Waals surface area contributed by atoms with Crippen molar-refractivity contribution < 1.29 is 9.84 Å². The summed E-state index contributed by atoms with van der Waals surface area (Å²) in [6.45, 7) is 5.56. The van der Waals surface area contributed by atoms with Crippen molar-refractivity contribution in [2.75, 3.05) is 19.7 Å². The maximum Gasteiger partial charge on any atom is 0.119 e. The number of benzene rings is 1. The van der Waals surface area contributed by atoms with E-state index >= 15 is 0 Å². The Kier molecular flexibility index (Phi) is 7.72. The van der Waals surface area contributed by atoms with Gasteiger partial charge in [0.1, 0.15) is 18.5 Å². The van der Waals surface area contributed by atoms with Gasteiger partial charge in [0.15, 0.2) is 0 Å². The van der Waals surface area contributed by atoms with E-state index < -0.39 is 6.10 Å². The maximum atomic E-state index is 9.77. The summed E-state index contributed by atoms with van der Waals surface area (Å²) < 4.78 is 5.57. The van der Waals surface area contributed by atoms with Crippen LogP contribution in [0.5, 0.6) is 5.75 Å². The lowest BCUT2D eigenvalue weighted by Crippen LogP contribution is -2.31. The van der Waals surface area contributed by atoms with E-state index in [1.54, 1.807) is 0 Å². The molecule has 0 heterocycles. The average molecular weight is 261 g/mol. The van der Waals surface area contributed by atoms with E-state index in [0.717, 1.165) is 25.1 Å². The molecule has 0 amide bonds.